The normalized spacial score (nSPS) is 12.8. The number of aliphatic hydroxyl groups excluding tert-OH is 2. The molecule has 0 radical (unpaired) electrons. The van der Waals surface area contributed by atoms with Crippen molar-refractivity contribution in [2.75, 3.05) is 13.2 Å². The highest BCUT2D eigenvalue weighted by atomic mass is 16.5. The maximum absolute atomic E-state index is 12.5. The number of rotatable bonds is 56. The summed E-state index contributed by atoms with van der Waals surface area (Å²) in [5.74, 6) is -0.0777. The average molecular weight is 957 g/mol. The van der Waals surface area contributed by atoms with Gasteiger partial charge >= 0.3 is 5.97 Å². The highest BCUT2D eigenvalue weighted by Crippen LogP contribution is 2.17. The van der Waals surface area contributed by atoms with Gasteiger partial charge in [-0.2, -0.15) is 0 Å². The Bertz CT molecular complexity index is 1100. The van der Waals surface area contributed by atoms with Crippen LogP contribution >= 0.6 is 0 Å². The SMILES string of the molecule is CCCCCC/C=C\C/C=C\CCCCCCCC(=O)OCCCCCCCCCCCCCCCCCCCCC(=O)NC(CO)C(O)/C=C/CCCCCCCCCCCCCCCCC. The second kappa shape index (κ2) is 57.7. The predicted molar refractivity (Wildman–Crippen MR) is 296 cm³/mol. The molecule has 0 aromatic heterocycles. The number of amides is 1. The van der Waals surface area contributed by atoms with Crippen LogP contribution in [0.15, 0.2) is 36.5 Å². The molecule has 0 saturated heterocycles. The molecule has 6 heteroatoms. The monoisotopic (exact) mass is 956 g/mol. The molecule has 0 fully saturated rings. The van der Waals surface area contributed by atoms with E-state index in [1.165, 1.54) is 244 Å². The van der Waals surface area contributed by atoms with Crippen molar-refractivity contribution in [2.24, 2.45) is 0 Å². The van der Waals surface area contributed by atoms with E-state index in [0.717, 1.165) is 51.4 Å². The average Bonchev–Trinajstić information content (AvgIpc) is 3.34. The van der Waals surface area contributed by atoms with E-state index in [4.69, 9.17) is 4.74 Å². The summed E-state index contributed by atoms with van der Waals surface area (Å²) < 4.78 is 5.48. The summed E-state index contributed by atoms with van der Waals surface area (Å²) in [6, 6.07) is -0.632. The molecular formula is C62H117NO5. The number of aliphatic hydroxyl groups is 2. The van der Waals surface area contributed by atoms with E-state index in [0.29, 0.717) is 19.4 Å². The number of carbonyl (C=O) groups is 2. The minimum absolute atomic E-state index is 0.00689. The molecule has 6 nitrogen and oxygen atoms in total. The van der Waals surface area contributed by atoms with Crippen LogP contribution in [0.4, 0.5) is 0 Å². The van der Waals surface area contributed by atoms with Gasteiger partial charge in [0, 0.05) is 12.8 Å². The Hall–Kier alpha value is -1.92. The number of esters is 1. The van der Waals surface area contributed by atoms with E-state index < -0.39 is 12.1 Å². The van der Waals surface area contributed by atoms with Gasteiger partial charge in [0.2, 0.25) is 5.91 Å². The van der Waals surface area contributed by atoms with Gasteiger partial charge in [0.15, 0.2) is 0 Å². The van der Waals surface area contributed by atoms with Crippen molar-refractivity contribution in [2.45, 2.75) is 334 Å². The molecular weight excluding hydrogens is 839 g/mol. The lowest BCUT2D eigenvalue weighted by Gasteiger charge is -2.20. The molecule has 400 valence electrons. The van der Waals surface area contributed by atoms with Crippen LogP contribution in [0.5, 0.6) is 0 Å². The molecule has 0 rings (SSSR count). The summed E-state index contributed by atoms with van der Waals surface area (Å²) in [5.41, 5.74) is 0. The highest BCUT2D eigenvalue weighted by Gasteiger charge is 2.18. The fourth-order valence-electron chi connectivity index (χ4n) is 9.25. The molecule has 0 aliphatic carbocycles. The van der Waals surface area contributed by atoms with E-state index in [9.17, 15) is 19.8 Å². The molecule has 0 aromatic rings. The molecule has 0 spiro atoms. The van der Waals surface area contributed by atoms with Gasteiger partial charge in [0.25, 0.3) is 0 Å². The van der Waals surface area contributed by atoms with Gasteiger partial charge in [-0.3, -0.25) is 9.59 Å². The van der Waals surface area contributed by atoms with E-state index in [1.54, 1.807) is 6.08 Å². The van der Waals surface area contributed by atoms with Gasteiger partial charge in [0.05, 0.1) is 25.4 Å². The van der Waals surface area contributed by atoms with E-state index in [-0.39, 0.29) is 18.5 Å². The van der Waals surface area contributed by atoms with Crippen molar-refractivity contribution >= 4 is 11.9 Å². The number of unbranched alkanes of at least 4 members (excludes halogenated alkanes) is 41. The Morgan fingerprint density at radius 3 is 1.13 bits per heavy atom. The van der Waals surface area contributed by atoms with Gasteiger partial charge in [-0.25, -0.2) is 0 Å². The quantitative estimate of drug-likeness (QED) is 0.0321. The Kier molecular flexibility index (Phi) is 56.0. The standard InChI is InChI=1S/C62H117NO5/c1-3-5-7-9-11-13-15-17-19-23-26-30-34-38-42-46-50-54-60(65)59(58-64)63-61(66)55-51-47-43-39-35-31-27-24-21-22-25-29-33-37-41-45-49-53-57-68-62(67)56-52-48-44-40-36-32-28-20-18-16-14-12-10-8-6-4-2/h14,16,20,28,50,54,59-60,64-65H,3-13,15,17-19,21-27,29-49,51-53,55-58H2,1-2H3,(H,63,66)/b16-14-,28-20-,54-50+. The van der Waals surface area contributed by atoms with Crippen molar-refractivity contribution in [1.82, 2.24) is 5.32 Å². The molecule has 0 aromatic carbocycles. The Labute approximate surface area is 424 Å². The topological polar surface area (TPSA) is 95.9 Å². The minimum Gasteiger partial charge on any atom is -0.466 e. The number of nitrogens with one attached hydrogen (secondary N) is 1. The lowest BCUT2D eigenvalue weighted by molar-refractivity contribution is -0.143. The van der Waals surface area contributed by atoms with E-state index in [1.807, 2.05) is 6.08 Å². The number of carbonyl (C=O) groups excluding carboxylic acids is 2. The summed E-state index contributed by atoms with van der Waals surface area (Å²) in [5, 5.41) is 23.2. The Morgan fingerprint density at radius 2 is 0.735 bits per heavy atom. The second-order valence-electron chi connectivity index (χ2n) is 20.7. The smallest absolute Gasteiger partial charge is 0.305 e. The predicted octanol–water partition coefficient (Wildman–Crippen LogP) is 18.8. The highest BCUT2D eigenvalue weighted by molar-refractivity contribution is 5.76. The fourth-order valence-corrected chi connectivity index (χ4v) is 9.25. The van der Waals surface area contributed by atoms with Crippen LogP contribution in [-0.2, 0) is 14.3 Å². The number of allylic oxidation sites excluding steroid dienone is 5. The maximum Gasteiger partial charge on any atom is 0.305 e. The van der Waals surface area contributed by atoms with Crippen LogP contribution in [0.25, 0.3) is 0 Å². The number of hydrogen-bond donors (Lipinski definition) is 3. The molecule has 0 aliphatic heterocycles. The van der Waals surface area contributed by atoms with E-state index in [2.05, 4.69) is 43.5 Å². The van der Waals surface area contributed by atoms with Gasteiger partial charge < -0.3 is 20.3 Å². The molecule has 2 unspecified atom stereocenters. The maximum atomic E-state index is 12.5. The van der Waals surface area contributed by atoms with Crippen molar-refractivity contribution in [3.63, 3.8) is 0 Å². The van der Waals surface area contributed by atoms with Crippen LogP contribution in [0.2, 0.25) is 0 Å². The van der Waals surface area contributed by atoms with Crippen molar-refractivity contribution in [3.8, 4) is 0 Å². The summed E-state index contributed by atoms with van der Waals surface area (Å²) in [7, 11) is 0. The minimum atomic E-state index is -0.848. The zero-order chi connectivity index (χ0) is 49.3. The van der Waals surface area contributed by atoms with Crippen LogP contribution in [0, 0.1) is 0 Å². The second-order valence-corrected chi connectivity index (χ2v) is 20.7. The Balaban J connectivity index is 3.44. The first-order valence-corrected chi connectivity index (χ1v) is 30.3. The zero-order valence-electron chi connectivity index (χ0n) is 45.6. The van der Waals surface area contributed by atoms with Crippen LogP contribution in [0.1, 0.15) is 322 Å². The molecule has 0 saturated carbocycles. The first-order valence-electron chi connectivity index (χ1n) is 30.3. The van der Waals surface area contributed by atoms with Gasteiger partial charge in [-0.05, 0) is 64.2 Å². The van der Waals surface area contributed by atoms with Gasteiger partial charge in [-0.15, -0.1) is 0 Å². The molecule has 0 heterocycles. The lowest BCUT2D eigenvalue weighted by Crippen LogP contribution is -2.45. The van der Waals surface area contributed by atoms with Gasteiger partial charge in [-0.1, -0.05) is 281 Å². The zero-order valence-corrected chi connectivity index (χ0v) is 45.6. The molecule has 0 aliphatic rings. The fraction of sp³-hybridized carbons (Fsp3) is 0.871. The van der Waals surface area contributed by atoms with Crippen molar-refractivity contribution < 1.29 is 24.5 Å². The van der Waals surface area contributed by atoms with Gasteiger partial charge in [0.1, 0.15) is 0 Å². The first-order chi connectivity index (χ1) is 33.5. The first kappa shape index (κ1) is 66.1. The largest absolute Gasteiger partial charge is 0.466 e. The van der Waals surface area contributed by atoms with Crippen LogP contribution < -0.4 is 5.32 Å². The molecule has 68 heavy (non-hydrogen) atoms. The molecule has 2 atom stereocenters. The third-order valence-corrected chi connectivity index (χ3v) is 13.9. The molecule has 1 amide bonds. The van der Waals surface area contributed by atoms with E-state index >= 15 is 0 Å². The summed E-state index contributed by atoms with van der Waals surface area (Å²) in [6.45, 7) is 4.89. The van der Waals surface area contributed by atoms with Crippen molar-refractivity contribution in [3.05, 3.63) is 36.5 Å². The third-order valence-electron chi connectivity index (χ3n) is 13.9. The lowest BCUT2D eigenvalue weighted by atomic mass is 10.0. The summed E-state index contributed by atoms with van der Waals surface area (Å²) >= 11 is 0. The summed E-state index contributed by atoms with van der Waals surface area (Å²) in [4.78, 5) is 24.5. The number of hydrogen-bond acceptors (Lipinski definition) is 5. The number of ether oxygens (including phenoxy) is 1. The van der Waals surface area contributed by atoms with Crippen LogP contribution in [-0.4, -0.2) is 47.4 Å². The molecule has 3 N–H and O–H groups in total. The Morgan fingerprint density at radius 1 is 0.412 bits per heavy atom. The molecule has 0 bridgehead atoms. The van der Waals surface area contributed by atoms with Crippen molar-refractivity contribution in [1.29, 1.82) is 0 Å². The van der Waals surface area contributed by atoms with Crippen LogP contribution in [0.3, 0.4) is 0 Å². The third kappa shape index (κ3) is 53.4. The summed E-state index contributed by atoms with van der Waals surface area (Å²) in [6.07, 6.45) is 71.7.